The fraction of sp³-hybridized carbons (Fsp3) is 0.882. The van der Waals surface area contributed by atoms with Gasteiger partial charge in [-0.1, -0.05) is 26.8 Å². The van der Waals surface area contributed by atoms with Crippen molar-refractivity contribution in [3.8, 4) is 0 Å². The van der Waals surface area contributed by atoms with E-state index in [4.69, 9.17) is 14.2 Å². The molecule has 3 fully saturated rings. The second-order valence-corrected chi connectivity index (χ2v) is 7.70. The first-order valence-electron chi connectivity index (χ1n) is 8.04. The summed E-state index contributed by atoms with van der Waals surface area (Å²) < 4.78 is 18.4. The molecule has 1 aliphatic heterocycles. The molecule has 0 radical (unpaired) electrons. The normalized spacial score (nSPS) is 49.5. The number of ether oxygens (including phenoxy) is 3. The number of hydrogen-bond donors (Lipinski definition) is 0. The molecule has 0 aromatic heterocycles. The van der Waals surface area contributed by atoms with E-state index in [-0.39, 0.29) is 59.9 Å². The third kappa shape index (κ3) is 2.04. The Morgan fingerprint density at radius 1 is 1.18 bits per heavy atom. The van der Waals surface area contributed by atoms with E-state index in [1.807, 2.05) is 13.8 Å². The molecule has 1 spiro atoms. The molecule has 0 N–H and O–H groups in total. The Morgan fingerprint density at radius 3 is 2.23 bits per heavy atom. The zero-order valence-electron chi connectivity index (χ0n) is 14.9. The largest absolute Gasteiger partial charge is 1.00 e. The van der Waals surface area contributed by atoms with Crippen molar-refractivity contribution in [2.75, 3.05) is 0 Å². The monoisotopic (exact) mass is 302 g/mol. The van der Waals surface area contributed by atoms with E-state index in [2.05, 4.69) is 20.8 Å². The Morgan fingerprint density at radius 2 is 1.73 bits per heavy atom. The zero-order valence-corrected chi connectivity index (χ0v) is 14.9. The van der Waals surface area contributed by atoms with Gasteiger partial charge in [-0.15, -0.1) is 0 Å². The number of hydrogen-bond acceptors (Lipinski definition) is 4. The van der Waals surface area contributed by atoms with Gasteiger partial charge in [-0.05, 0) is 44.4 Å². The van der Waals surface area contributed by atoms with Crippen LogP contribution in [0.4, 0.5) is 0 Å². The molecule has 2 saturated carbocycles. The first-order valence-corrected chi connectivity index (χ1v) is 8.04. The number of allylic oxidation sites excluding steroid dienone is 1. The molecule has 6 atom stereocenters. The van der Waals surface area contributed by atoms with Crippen LogP contribution in [-0.2, 0) is 14.2 Å². The van der Waals surface area contributed by atoms with E-state index >= 15 is 0 Å². The summed E-state index contributed by atoms with van der Waals surface area (Å²) in [5.41, 5.74) is -0.0877. The molecule has 2 bridgehead atoms. The molecule has 1 saturated heterocycles. The van der Waals surface area contributed by atoms with Crippen LogP contribution in [-0.4, -0.2) is 24.1 Å². The minimum atomic E-state index is -0.770. The third-order valence-corrected chi connectivity index (χ3v) is 6.60. The second-order valence-electron chi connectivity index (χ2n) is 7.70. The van der Waals surface area contributed by atoms with Gasteiger partial charge in [0.2, 0.25) is 0 Å². The van der Waals surface area contributed by atoms with Crippen LogP contribution in [0.3, 0.4) is 0 Å². The fourth-order valence-electron chi connectivity index (χ4n) is 4.81. The van der Waals surface area contributed by atoms with Crippen molar-refractivity contribution in [3.63, 3.8) is 0 Å². The first-order chi connectivity index (χ1) is 9.69. The number of fused-ring (bicyclic) bond motifs is 3. The smallest absolute Gasteiger partial charge is 0.604 e. The van der Waals surface area contributed by atoms with Crippen LogP contribution in [0.25, 0.3) is 0 Å². The van der Waals surface area contributed by atoms with Gasteiger partial charge < -0.3 is 19.3 Å². The van der Waals surface area contributed by atoms with Crippen molar-refractivity contribution in [1.82, 2.24) is 0 Å². The maximum Gasteiger partial charge on any atom is 1.00 e. The molecule has 0 aromatic rings. The molecule has 0 amide bonds. The average molecular weight is 302 g/mol. The van der Waals surface area contributed by atoms with Gasteiger partial charge in [-0.3, -0.25) is 0 Å². The van der Waals surface area contributed by atoms with Gasteiger partial charge in [0.25, 0.3) is 0 Å². The molecule has 1 unspecified atom stereocenters. The van der Waals surface area contributed by atoms with Crippen molar-refractivity contribution < 1.29 is 38.2 Å². The SMILES string of the molecule is C/C=C(\[O-])O[C@@H]1C2(O[C@@H](C)[C@@H](C)O2)[C@H]2CC[C@]1(C)C2(C)C.[Li+]. The molecular formula is C17H27LiO4. The summed E-state index contributed by atoms with van der Waals surface area (Å²) >= 11 is 0. The topological polar surface area (TPSA) is 50.8 Å². The first kappa shape index (κ1) is 18.2. The van der Waals surface area contributed by atoms with Crippen molar-refractivity contribution in [1.29, 1.82) is 0 Å². The summed E-state index contributed by atoms with van der Waals surface area (Å²) in [6.07, 6.45) is 3.29. The van der Waals surface area contributed by atoms with Crippen LogP contribution >= 0.6 is 0 Å². The van der Waals surface area contributed by atoms with Crippen LogP contribution in [0.2, 0.25) is 0 Å². The van der Waals surface area contributed by atoms with Crippen molar-refractivity contribution in [2.24, 2.45) is 16.7 Å². The van der Waals surface area contributed by atoms with Crippen LogP contribution in [0.1, 0.15) is 54.4 Å². The standard InChI is InChI=1S/C17H28O4.Li/c1-7-13(18)19-14-16(6)9-8-12(15(16,4)5)17(14)20-10(2)11(3)21-17;/h7,10-12,14,18H,8-9H2,1-6H3;/q;+1/p-1/b13-7+;/t10-,11+,12-,14-,16-,17?;/m0./s1. The Balaban J connectivity index is 0.00000176. The molecule has 3 aliphatic rings. The molecule has 2 aliphatic carbocycles. The van der Waals surface area contributed by atoms with Crippen molar-refractivity contribution >= 4 is 0 Å². The van der Waals surface area contributed by atoms with Crippen LogP contribution in [0, 0.1) is 16.7 Å². The molecule has 3 rings (SSSR count). The van der Waals surface area contributed by atoms with Gasteiger partial charge in [0.05, 0.1) is 18.3 Å². The summed E-state index contributed by atoms with van der Waals surface area (Å²) in [6, 6.07) is 0. The molecule has 22 heavy (non-hydrogen) atoms. The summed E-state index contributed by atoms with van der Waals surface area (Å²) in [7, 11) is 0. The van der Waals surface area contributed by atoms with Crippen LogP contribution < -0.4 is 24.0 Å². The Bertz CT molecular complexity index is 465. The maximum absolute atomic E-state index is 11.9. The predicted octanol–water partition coefficient (Wildman–Crippen LogP) is -0.427. The van der Waals surface area contributed by atoms with E-state index in [1.54, 1.807) is 6.92 Å². The fourth-order valence-corrected chi connectivity index (χ4v) is 4.81. The summed E-state index contributed by atoms with van der Waals surface area (Å²) in [4.78, 5) is 0. The summed E-state index contributed by atoms with van der Waals surface area (Å²) in [6.45, 7) is 12.5. The second kappa shape index (κ2) is 5.45. The van der Waals surface area contributed by atoms with Gasteiger partial charge in [0, 0.05) is 11.9 Å². The summed E-state index contributed by atoms with van der Waals surface area (Å²) in [5.74, 6) is -0.797. The van der Waals surface area contributed by atoms with E-state index in [0.29, 0.717) is 0 Å². The quantitative estimate of drug-likeness (QED) is 0.513. The summed E-state index contributed by atoms with van der Waals surface area (Å²) in [5, 5.41) is 11.9. The van der Waals surface area contributed by atoms with E-state index in [1.165, 1.54) is 6.08 Å². The van der Waals surface area contributed by atoms with Gasteiger partial charge in [0.15, 0.2) is 5.79 Å². The Hall–Kier alpha value is -0.143. The molecule has 120 valence electrons. The van der Waals surface area contributed by atoms with Crippen molar-refractivity contribution in [3.05, 3.63) is 12.0 Å². The molecule has 5 heteroatoms. The minimum absolute atomic E-state index is 0. The van der Waals surface area contributed by atoms with E-state index < -0.39 is 5.79 Å². The van der Waals surface area contributed by atoms with Gasteiger partial charge in [-0.2, -0.15) is 0 Å². The molecule has 4 nitrogen and oxygen atoms in total. The van der Waals surface area contributed by atoms with Gasteiger partial charge in [-0.25, -0.2) is 0 Å². The average Bonchev–Trinajstić information content (AvgIpc) is 2.86. The Kier molecular flexibility index (Phi) is 4.51. The number of rotatable bonds is 2. The van der Waals surface area contributed by atoms with Gasteiger partial charge >= 0.3 is 18.9 Å². The zero-order chi connectivity index (χ0) is 15.6. The van der Waals surface area contributed by atoms with Crippen LogP contribution in [0.15, 0.2) is 12.0 Å². The van der Waals surface area contributed by atoms with Gasteiger partial charge in [0.1, 0.15) is 0 Å². The molecular weight excluding hydrogens is 275 g/mol. The van der Waals surface area contributed by atoms with E-state index in [0.717, 1.165) is 12.8 Å². The van der Waals surface area contributed by atoms with Crippen molar-refractivity contribution in [2.45, 2.75) is 78.5 Å². The maximum atomic E-state index is 11.9. The minimum Gasteiger partial charge on any atom is -0.604 e. The third-order valence-electron chi connectivity index (χ3n) is 6.60. The molecule has 0 aromatic carbocycles. The van der Waals surface area contributed by atoms with E-state index in [9.17, 15) is 5.11 Å². The predicted molar refractivity (Wildman–Crippen MR) is 77.1 cm³/mol. The molecule has 1 heterocycles. The Labute approximate surface area is 145 Å². The van der Waals surface area contributed by atoms with Crippen LogP contribution in [0.5, 0.6) is 0 Å².